The number of aromatic hydroxyl groups is 1. The van der Waals surface area contributed by atoms with Crippen LogP contribution in [0.15, 0.2) is 18.2 Å². The van der Waals surface area contributed by atoms with Crippen molar-refractivity contribution in [1.29, 1.82) is 0 Å². The van der Waals surface area contributed by atoms with Crippen molar-refractivity contribution in [1.82, 2.24) is 0 Å². The predicted molar refractivity (Wildman–Crippen MR) is 62.3 cm³/mol. The van der Waals surface area contributed by atoms with E-state index in [1.165, 1.54) is 18.2 Å². The van der Waals surface area contributed by atoms with E-state index in [0.717, 1.165) is 4.31 Å². The highest BCUT2D eigenvalue weighted by atomic mass is 32.2. The van der Waals surface area contributed by atoms with Crippen molar-refractivity contribution in [2.75, 3.05) is 10.8 Å². The number of fused-ring (bicyclic) bond motifs is 1. The first-order valence-electron chi connectivity index (χ1n) is 4.79. The van der Waals surface area contributed by atoms with Crippen molar-refractivity contribution in [3.63, 3.8) is 0 Å². The molecule has 6 nitrogen and oxygen atoms in total. The number of phenols is 1. The van der Waals surface area contributed by atoms with E-state index in [-0.39, 0.29) is 29.3 Å². The normalized spacial score (nSPS) is 15.4. The summed E-state index contributed by atoms with van der Waals surface area (Å²) < 4.78 is 32.2. The van der Waals surface area contributed by atoms with Gasteiger partial charge in [0.15, 0.2) is 0 Å². The van der Waals surface area contributed by atoms with E-state index >= 15 is 0 Å². The van der Waals surface area contributed by atoms with Gasteiger partial charge in [-0.25, -0.2) is 4.31 Å². The van der Waals surface area contributed by atoms with Gasteiger partial charge in [-0.3, -0.25) is 4.55 Å². The first-order chi connectivity index (χ1) is 7.82. The number of aliphatic hydroxyl groups excluding tert-OH is 1. The first-order valence-corrected chi connectivity index (χ1v) is 6.19. The molecule has 1 aliphatic heterocycles. The Bertz CT molecular complexity index is 605. The lowest BCUT2D eigenvalue weighted by Gasteiger charge is -2.27. The van der Waals surface area contributed by atoms with E-state index in [9.17, 15) is 18.6 Å². The molecule has 17 heavy (non-hydrogen) atoms. The van der Waals surface area contributed by atoms with Crippen LogP contribution in [0.5, 0.6) is 5.75 Å². The van der Waals surface area contributed by atoms with Gasteiger partial charge in [0.1, 0.15) is 11.5 Å². The molecule has 0 saturated carbocycles. The van der Waals surface area contributed by atoms with Crippen LogP contribution in [0, 0.1) is 6.92 Å². The number of anilines is 1. The predicted octanol–water partition coefficient (Wildman–Crippen LogP) is 1.22. The Morgan fingerprint density at radius 3 is 2.53 bits per heavy atom. The molecule has 1 aromatic carbocycles. The molecule has 0 saturated heterocycles. The van der Waals surface area contributed by atoms with Gasteiger partial charge in [-0.2, -0.15) is 8.42 Å². The second kappa shape index (κ2) is 3.64. The Hall–Kier alpha value is -1.73. The lowest BCUT2D eigenvalue weighted by Crippen LogP contribution is -2.33. The minimum absolute atomic E-state index is 0.00822. The quantitative estimate of drug-likeness (QED) is 0.657. The standard InChI is InChI=1S/C10H11NO5S/c1-6-2-3-7(12)9-8(13)4-5-11(10(6)9)17(14,15)16/h2-4,12-13H,5H2,1H3,(H,14,15,16). The van der Waals surface area contributed by atoms with Crippen LogP contribution in [-0.2, 0) is 10.3 Å². The third-order valence-corrected chi connectivity index (χ3v) is 3.48. The second-order valence-corrected chi connectivity index (χ2v) is 5.06. The molecule has 0 aromatic heterocycles. The Morgan fingerprint density at radius 2 is 1.94 bits per heavy atom. The fraction of sp³-hybridized carbons (Fsp3) is 0.200. The van der Waals surface area contributed by atoms with Crippen LogP contribution in [-0.4, -0.2) is 29.7 Å². The summed E-state index contributed by atoms with van der Waals surface area (Å²) >= 11 is 0. The summed E-state index contributed by atoms with van der Waals surface area (Å²) in [7, 11) is -4.44. The van der Waals surface area contributed by atoms with E-state index in [1.807, 2.05) is 0 Å². The Morgan fingerprint density at radius 1 is 1.29 bits per heavy atom. The van der Waals surface area contributed by atoms with Gasteiger partial charge in [0.25, 0.3) is 0 Å². The maximum atomic E-state index is 11.2. The van der Waals surface area contributed by atoms with Crippen LogP contribution in [0.3, 0.4) is 0 Å². The number of aliphatic hydroxyl groups is 1. The summed E-state index contributed by atoms with van der Waals surface area (Å²) in [6, 6.07) is 2.86. The van der Waals surface area contributed by atoms with Crippen molar-refractivity contribution < 1.29 is 23.2 Å². The molecule has 0 unspecified atom stereocenters. The average Bonchev–Trinajstić information content (AvgIpc) is 2.22. The number of hydrogen-bond donors (Lipinski definition) is 3. The molecule has 3 N–H and O–H groups in total. The van der Waals surface area contributed by atoms with Crippen LogP contribution < -0.4 is 4.31 Å². The van der Waals surface area contributed by atoms with Crippen LogP contribution >= 0.6 is 0 Å². The van der Waals surface area contributed by atoms with Crippen LogP contribution in [0.1, 0.15) is 11.1 Å². The largest absolute Gasteiger partial charge is 0.507 e. The van der Waals surface area contributed by atoms with Gasteiger partial charge in [-0.15, -0.1) is 0 Å². The maximum absolute atomic E-state index is 11.2. The number of aryl methyl sites for hydroxylation is 1. The molecule has 92 valence electrons. The number of nitrogens with zero attached hydrogens (tertiary/aromatic N) is 1. The molecule has 0 amide bonds. The fourth-order valence-electron chi connectivity index (χ4n) is 1.83. The highest BCUT2D eigenvalue weighted by Gasteiger charge is 2.30. The fourth-order valence-corrected chi connectivity index (χ4v) is 2.56. The van der Waals surface area contributed by atoms with Gasteiger partial charge >= 0.3 is 10.3 Å². The molecule has 0 radical (unpaired) electrons. The van der Waals surface area contributed by atoms with Crippen molar-refractivity contribution in [3.8, 4) is 5.75 Å². The Kier molecular flexibility index (Phi) is 2.52. The van der Waals surface area contributed by atoms with Gasteiger partial charge in [0.05, 0.1) is 17.8 Å². The molecular weight excluding hydrogens is 246 g/mol. The van der Waals surface area contributed by atoms with Gasteiger partial charge in [-0.05, 0) is 24.6 Å². The lowest BCUT2D eigenvalue weighted by atomic mass is 10.0. The molecule has 0 bridgehead atoms. The zero-order chi connectivity index (χ0) is 12.8. The van der Waals surface area contributed by atoms with Gasteiger partial charge in [0, 0.05) is 0 Å². The monoisotopic (exact) mass is 257 g/mol. The van der Waals surface area contributed by atoms with Crippen LogP contribution in [0.25, 0.3) is 5.76 Å². The maximum Gasteiger partial charge on any atom is 0.360 e. The SMILES string of the molecule is Cc1ccc(O)c2c1N(S(=O)(=O)O)CC=C2O. The molecule has 1 heterocycles. The third kappa shape index (κ3) is 1.83. The van der Waals surface area contributed by atoms with E-state index in [2.05, 4.69) is 0 Å². The smallest absolute Gasteiger partial charge is 0.360 e. The number of hydrogen-bond acceptors (Lipinski definition) is 4. The summed E-state index contributed by atoms with van der Waals surface area (Å²) in [5.74, 6) is -0.450. The highest BCUT2D eigenvalue weighted by Crippen LogP contribution is 2.39. The van der Waals surface area contributed by atoms with Gasteiger partial charge < -0.3 is 10.2 Å². The summed E-state index contributed by atoms with van der Waals surface area (Å²) in [5.41, 5.74) is 0.622. The highest BCUT2D eigenvalue weighted by molar-refractivity contribution is 7.87. The minimum Gasteiger partial charge on any atom is -0.507 e. The average molecular weight is 257 g/mol. The van der Waals surface area contributed by atoms with Crippen LogP contribution in [0.4, 0.5) is 5.69 Å². The summed E-state index contributed by atoms with van der Waals surface area (Å²) in [6.07, 6.45) is 1.20. The molecule has 1 aromatic rings. The van der Waals surface area contributed by atoms with Gasteiger partial charge in [-0.1, -0.05) is 6.07 Å². The molecule has 0 fully saturated rings. The van der Waals surface area contributed by atoms with Crippen LogP contribution in [0.2, 0.25) is 0 Å². The molecule has 0 aliphatic carbocycles. The van der Waals surface area contributed by atoms with E-state index in [1.54, 1.807) is 6.92 Å². The van der Waals surface area contributed by atoms with Crippen molar-refractivity contribution in [2.45, 2.75) is 6.92 Å². The zero-order valence-electron chi connectivity index (χ0n) is 8.95. The molecule has 0 atom stereocenters. The zero-order valence-corrected chi connectivity index (χ0v) is 9.77. The minimum atomic E-state index is -4.44. The molecule has 1 aliphatic rings. The van der Waals surface area contributed by atoms with Crippen molar-refractivity contribution in [3.05, 3.63) is 29.3 Å². The molecule has 7 heteroatoms. The topological polar surface area (TPSA) is 98.1 Å². The number of benzene rings is 1. The third-order valence-electron chi connectivity index (χ3n) is 2.59. The summed E-state index contributed by atoms with van der Waals surface area (Å²) in [4.78, 5) is 0. The summed E-state index contributed by atoms with van der Waals surface area (Å²) in [6.45, 7) is 1.44. The van der Waals surface area contributed by atoms with E-state index < -0.39 is 10.3 Å². The number of phenolic OH excluding ortho intramolecular Hbond substituents is 1. The second-order valence-electron chi connectivity index (χ2n) is 3.72. The van der Waals surface area contributed by atoms with E-state index in [0.29, 0.717) is 5.56 Å². The molecular formula is C10H11NO5S. The first kappa shape index (κ1) is 11.7. The van der Waals surface area contributed by atoms with Crippen molar-refractivity contribution >= 4 is 21.8 Å². The van der Waals surface area contributed by atoms with E-state index in [4.69, 9.17) is 4.55 Å². The Labute approximate surface area is 98.3 Å². The molecule has 0 spiro atoms. The van der Waals surface area contributed by atoms with Gasteiger partial charge in [0.2, 0.25) is 0 Å². The lowest BCUT2D eigenvalue weighted by molar-refractivity contribution is 0.457. The summed E-state index contributed by atoms with van der Waals surface area (Å²) in [5, 5.41) is 19.3. The number of rotatable bonds is 1. The van der Waals surface area contributed by atoms with Crippen molar-refractivity contribution in [2.24, 2.45) is 0 Å². The molecule has 2 rings (SSSR count). The Balaban J connectivity index is 2.78.